The first-order valence-corrected chi connectivity index (χ1v) is 23.4. The predicted octanol–water partition coefficient (Wildman–Crippen LogP) is 16.9. The molecule has 0 atom stereocenters. The minimum Gasteiger partial charge on any atom is -0.509 e. The van der Waals surface area contributed by atoms with Gasteiger partial charge in [0.1, 0.15) is 5.82 Å². The van der Waals surface area contributed by atoms with Gasteiger partial charge in [0.2, 0.25) is 0 Å². The molecule has 0 aliphatic carbocycles. The van der Waals surface area contributed by atoms with Crippen molar-refractivity contribution < 1.29 is 25.8 Å². The maximum atomic E-state index is 6.95. The van der Waals surface area contributed by atoms with Crippen LogP contribution in [0.3, 0.4) is 0 Å². The van der Waals surface area contributed by atoms with E-state index in [1.165, 1.54) is 33.2 Å². The smallest absolute Gasteiger partial charge is 0.509 e. The van der Waals surface area contributed by atoms with Crippen molar-refractivity contribution in [3.05, 3.63) is 193 Å². The molecule has 0 N–H and O–H groups in total. The van der Waals surface area contributed by atoms with Crippen LogP contribution in [0.25, 0.3) is 27.6 Å². The Morgan fingerprint density at radius 1 is 0.485 bits per heavy atom. The molecule has 2 aromatic heterocycles. The molecule has 352 valence electrons. The molecule has 5 nitrogen and oxygen atoms in total. The second-order valence-electron chi connectivity index (χ2n) is 22.9. The normalized spacial score (nSPS) is 13.4. The van der Waals surface area contributed by atoms with Gasteiger partial charge in [0.05, 0.1) is 0 Å². The molecule has 6 heteroatoms. The number of hydrogen-bond acceptors (Lipinski definition) is 4. The summed E-state index contributed by atoms with van der Waals surface area (Å²) >= 11 is 0. The maximum Gasteiger partial charge on any atom is 4.00 e. The van der Waals surface area contributed by atoms with Gasteiger partial charge >= 0.3 is 21.1 Å². The van der Waals surface area contributed by atoms with Crippen molar-refractivity contribution in [2.75, 3.05) is 9.80 Å². The van der Waals surface area contributed by atoms with E-state index in [4.69, 9.17) is 9.72 Å². The summed E-state index contributed by atoms with van der Waals surface area (Å²) in [7, 11) is 0. The van der Waals surface area contributed by atoms with Crippen molar-refractivity contribution in [3.63, 3.8) is 0 Å². The van der Waals surface area contributed by atoms with Gasteiger partial charge in [0.25, 0.3) is 0 Å². The molecular formula is C62H68N4OPt. The third kappa shape index (κ3) is 9.53. The first-order valence-electron chi connectivity index (χ1n) is 23.4. The van der Waals surface area contributed by atoms with Gasteiger partial charge in [0, 0.05) is 45.7 Å². The summed E-state index contributed by atoms with van der Waals surface area (Å²) in [5, 5.41) is 2.27. The molecule has 1 aliphatic heterocycles. The molecule has 0 unspecified atom stereocenters. The zero-order valence-corrected chi connectivity index (χ0v) is 45.1. The Labute approximate surface area is 421 Å². The maximum absolute atomic E-state index is 6.95. The van der Waals surface area contributed by atoms with Gasteiger partial charge in [0.15, 0.2) is 0 Å². The van der Waals surface area contributed by atoms with Crippen molar-refractivity contribution in [2.45, 2.75) is 124 Å². The van der Waals surface area contributed by atoms with Crippen molar-refractivity contribution in [2.24, 2.45) is 0 Å². The van der Waals surface area contributed by atoms with Gasteiger partial charge < -0.3 is 26.5 Å². The van der Waals surface area contributed by atoms with E-state index in [-0.39, 0.29) is 55.6 Å². The van der Waals surface area contributed by atoms with Crippen LogP contribution in [0.2, 0.25) is 0 Å². The Hall–Kier alpha value is -5.64. The van der Waals surface area contributed by atoms with Crippen molar-refractivity contribution in [1.82, 2.24) is 9.55 Å². The summed E-state index contributed by atoms with van der Waals surface area (Å²) in [6.45, 7) is 33.9. The molecule has 0 fully saturated rings. The number of nitrogens with zero attached hydrogens (tertiary/aromatic N) is 4. The van der Waals surface area contributed by atoms with Crippen LogP contribution in [0.4, 0.5) is 22.7 Å². The fourth-order valence-corrected chi connectivity index (χ4v) is 9.05. The van der Waals surface area contributed by atoms with Crippen molar-refractivity contribution >= 4 is 44.6 Å². The minimum atomic E-state index is -0.235. The van der Waals surface area contributed by atoms with E-state index in [9.17, 15) is 0 Å². The number of benzene rings is 6. The molecule has 68 heavy (non-hydrogen) atoms. The Morgan fingerprint density at radius 3 is 1.79 bits per heavy atom. The third-order valence-corrected chi connectivity index (χ3v) is 13.5. The average Bonchev–Trinajstić information content (AvgIpc) is 3.81. The Balaban J connectivity index is 0.00000342. The van der Waals surface area contributed by atoms with Crippen LogP contribution in [0.5, 0.6) is 11.5 Å². The van der Waals surface area contributed by atoms with Gasteiger partial charge in [-0.3, -0.25) is 0 Å². The topological polar surface area (TPSA) is 33.5 Å². The first-order chi connectivity index (χ1) is 31.0. The van der Waals surface area contributed by atoms with E-state index >= 15 is 0 Å². The monoisotopic (exact) mass is 1080 g/mol. The Kier molecular flexibility index (Phi) is 13.3. The molecule has 8 aromatic rings. The van der Waals surface area contributed by atoms with Gasteiger partial charge in [-0.2, -0.15) is 6.07 Å². The molecule has 9 rings (SSSR count). The molecular weight excluding hydrogens is 1010 g/mol. The summed E-state index contributed by atoms with van der Waals surface area (Å²) < 4.78 is 9.20. The molecule has 3 heterocycles. The number of aromatic nitrogens is 2. The number of ether oxygens (including phenoxy) is 1. The van der Waals surface area contributed by atoms with Gasteiger partial charge in [-0.15, -0.1) is 53.6 Å². The summed E-state index contributed by atoms with van der Waals surface area (Å²) in [6.07, 6.45) is 1.92. The molecule has 0 amide bonds. The number of anilines is 4. The van der Waals surface area contributed by atoms with Crippen molar-refractivity contribution in [1.29, 1.82) is 0 Å². The fraction of sp³-hybridized carbons (Fsp3) is 0.306. The third-order valence-electron chi connectivity index (χ3n) is 13.5. The molecule has 1 aliphatic rings. The minimum absolute atomic E-state index is 0. The summed E-state index contributed by atoms with van der Waals surface area (Å²) in [4.78, 5) is 9.56. The Morgan fingerprint density at radius 2 is 1.12 bits per heavy atom. The number of hydrogen-bond donors (Lipinski definition) is 0. The first kappa shape index (κ1) is 50.2. The van der Waals surface area contributed by atoms with E-state index in [1.54, 1.807) is 0 Å². The number of pyridine rings is 1. The predicted molar refractivity (Wildman–Crippen MR) is 284 cm³/mol. The molecule has 6 aromatic carbocycles. The van der Waals surface area contributed by atoms with Gasteiger partial charge in [-0.05, 0) is 97.3 Å². The van der Waals surface area contributed by atoms with Crippen LogP contribution in [-0.2, 0) is 48.1 Å². The number of rotatable bonds is 7. The van der Waals surface area contributed by atoms with Crippen LogP contribution in [0.15, 0.2) is 134 Å². The molecule has 0 bridgehead atoms. The standard InChI is InChI=1S/C61H65N4O.CH3.Pt/c1-57(2,3)41-21-18-22-46(31-41)63-39-64(55-35-44(24-28-53(55)63)61(13,14)40-19-16-15-17-20-40)47-32-45(60(10,11)12)33-49(37-47)66-48-25-26-50-51-34-42(58(4,5)6)23-27-52(51)65(54(50)38-48)56-36-43(29-30-62-56)59(7,8)9;;/h15-36,39H,1-14H3;1H3;/q-3;-1;+4. The van der Waals surface area contributed by atoms with E-state index in [0.717, 1.165) is 50.6 Å². The summed E-state index contributed by atoms with van der Waals surface area (Å²) in [6, 6.07) is 53.9. The molecule has 0 spiro atoms. The summed E-state index contributed by atoms with van der Waals surface area (Å²) in [5.74, 6) is 2.10. The van der Waals surface area contributed by atoms with E-state index in [0.29, 0.717) is 11.5 Å². The molecule has 0 radical (unpaired) electrons. The van der Waals surface area contributed by atoms with E-state index < -0.39 is 0 Å². The van der Waals surface area contributed by atoms with Gasteiger partial charge in [-0.1, -0.05) is 163 Å². The second kappa shape index (κ2) is 18.0. The quantitative estimate of drug-likeness (QED) is 0.149. The number of fused-ring (bicyclic) bond motifs is 4. The fourth-order valence-electron chi connectivity index (χ4n) is 9.05. The zero-order valence-electron chi connectivity index (χ0n) is 42.8. The van der Waals surface area contributed by atoms with Crippen LogP contribution >= 0.6 is 0 Å². The zero-order chi connectivity index (χ0) is 47.1. The SMILES string of the molecule is CC(C)(C)c1cc(Oc2[c-]c3c(cc2)c2cc(C(C)(C)C)ccc2n3-c2cc(C(C)(C)C)ccn2)[c-]c(N2[CH-]N(c3cccc(C(C)(C)C)c3)c3ccc(C(C)(C)c4ccccc4)cc32)c1.[CH3-].[Pt+4]. The molecule has 0 saturated heterocycles. The summed E-state index contributed by atoms with van der Waals surface area (Å²) in [5.41, 5.74) is 13.2. The second-order valence-corrected chi connectivity index (χ2v) is 22.9. The van der Waals surface area contributed by atoms with Crippen LogP contribution < -0.4 is 14.5 Å². The largest absolute Gasteiger partial charge is 4.00 e. The van der Waals surface area contributed by atoms with Crippen molar-refractivity contribution in [3.8, 4) is 17.3 Å². The van der Waals surface area contributed by atoms with Crippen LogP contribution in [0.1, 0.15) is 130 Å². The molecule has 0 saturated carbocycles. The van der Waals surface area contributed by atoms with Gasteiger partial charge in [-0.25, -0.2) is 4.98 Å². The van der Waals surface area contributed by atoms with E-state index in [2.05, 4.69) is 251 Å². The Bertz CT molecular complexity index is 3120. The van der Waals surface area contributed by atoms with Crippen LogP contribution in [0, 0.1) is 26.2 Å². The van der Waals surface area contributed by atoms with Crippen LogP contribution in [-0.4, -0.2) is 9.55 Å². The van der Waals surface area contributed by atoms with E-state index in [1.807, 2.05) is 12.3 Å². The average molecular weight is 1080 g/mol.